The molecule has 0 radical (unpaired) electrons. The van der Waals surface area contributed by atoms with E-state index in [4.69, 9.17) is 14.2 Å². The smallest absolute Gasteiger partial charge is 0.203 e. The van der Waals surface area contributed by atoms with Crippen molar-refractivity contribution in [1.29, 1.82) is 0 Å². The van der Waals surface area contributed by atoms with Crippen LogP contribution in [0, 0.1) is 0 Å². The van der Waals surface area contributed by atoms with E-state index in [1.165, 1.54) is 0 Å². The molecule has 0 saturated heterocycles. The van der Waals surface area contributed by atoms with Crippen LogP contribution in [0.5, 0.6) is 17.2 Å². The summed E-state index contributed by atoms with van der Waals surface area (Å²) in [7, 11) is 4.73. The average molecular weight is 339 g/mol. The van der Waals surface area contributed by atoms with Gasteiger partial charge in [0.2, 0.25) is 5.75 Å². The van der Waals surface area contributed by atoms with E-state index in [2.05, 4.69) is 26.2 Å². The summed E-state index contributed by atoms with van der Waals surface area (Å²) < 4.78 is 16.8. The summed E-state index contributed by atoms with van der Waals surface area (Å²) in [5, 5.41) is 3.20. The van der Waals surface area contributed by atoms with Crippen LogP contribution in [0.2, 0.25) is 0 Å². The van der Waals surface area contributed by atoms with Crippen molar-refractivity contribution in [3.63, 3.8) is 0 Å². The van der Waals surface area contributed by atoms with Crippen molar-refractivity contribution in [2.45, 2.75) is 0 Å². The maximum atomic E-state index is 5.31. The second kappa shape index (κ2) is 6.47. The van der Waals surface area contributed by atoms with Crippen molar-refractivity contribution in [2.75, 3.05) is 26.6 Å². The van der Waals surface area contributed by atoms with Gasteiger partial charge in [0, 0.05) is 24.0 Å². The summed E-state index contributed by atoms with van der Waals surface area (Å²) in [5.74, 6) is 2.44. The van der Waals surface area contributed by atoms with E-state index in [1.807, 2.05) is 24.3 Å². The molecule has 0 aliphatic heterocycles. The molecule has 6 heteroatoms. The molecular weight excluding hydrogens is 324 g/mol. The zero-order valence-corrected chi connectivity index (χ0v) is 13.0. The fourth-order valence-electron chi connectivity index (χ4n) is 1.77. The summed E-state index contributed by atoms with van der Waals surface area (Å²) in [6, 6.07) is 7.41. The van der Waals surface area contributed by atoms with Crippen LogP contribution in [0.15, 0.2) is 34.9 Å². The minimum absolute atomic E-state index is 0.556. The zero-order chi connectivity index (χ0) is 14.5. The molecule has 0 amide bonds. The first-order valence-corrected chi connectivity index (χ1v) is 6.66. The molecule has 2 rings (SSSR count). The number of anilines is 2. The molecule has 0 aliphatic rings. The summed E-state index contributed by atoms with van der Waals surface area (Å²) >= 11 is 3.44. The van der Waals surface area contributed by atoms with E-state index in [0.29, 0.717) is 23.1 Å². The topological polar surface area (TPSA) is 52.6 Å². The summed E-state index contributed by atoms with van der Waals surface area (Å²) in [6.45, 7) is 0. The number of aromatic nitrogens is 1. The molecule has 1 N–H and O–H groups in total. The molecule has 0 spiro atoms. The van der Waals surface area contributed by atoms with Crippen LogP contribution in [0.3, 0.4) is 0 Å². The predicted octanol–water partition coefficient (Wildman–Crippen LogP) is 3.61. The number of nitrogens with one attached hydrogen (secondary N) is 1. The number of benzene rings is 1. The SMILES string of the molecule is COc1cc(Nc2ncccc2Br)cc(OC)c1OC. The van der Waals surface area contributed by atoms with Gasteiger partial charge in [0.1, 0.15) is 5.82 Å². The van der Waals surface area contributed by atoms with Crippen molar-refractivity contribution in [2.24, 2.45) is 0 Å². The van der Waals surface area contributed by atoms with Crippen LogP contribution in [0.1, 0.15) is 0 Å². The van der Waals surface area contributed by atoms with Crippen LogP contribution < -0.4 is 19.5 Å². The Morgan fingerprint density at radius 2 is 1.70 bits per heavy atom. The van der Waals surface area contributed by atoms with Crippen LogP contribution >= 0.6 is 15.9 Å². The maximum Gasteiger partial charge on any atom is 0.203 e. The van der Waals surface area contributed by atoms with Crippen molar-refractivity contribution in [1.82, 2.24) is 4.98 Å². The first-order chi connectivity index (χ1) is 9.69. The Kier molecular flexibility index (Phi) is 4.68. The minimum Gasteiger partial charge on any atom is -0.493 e. The third-order valence-electron chi connectivity index (χ3n) is 2.69. The lowest BCUT2D eigenvalue weighted by atomic mass is 10.2. The highest BCUT2D eigenvalue weighted by atomic mass is 79.9. The number of rotatable bonds is 5. The molecule has 106 valence electrons. The van der Waals surface area contributed by atoms with Gasteiger partial charge in [0.15, 0.2) is 11.5 Å². The fourth-order valence-corrected chi connectivity index (χ4v) is 2.12. The highest BCUT2D eigenvalue weighted by molar-refractivity contribution is 9.10. The fraction of sp³-hybridized carbons (Fsp3) is 0.214. The van der Waals surface area contributed by atoms with Crippen molar-refractivity contribution < 1.29 is 14.2 Å². The molecule has 0 atom stereocenters. The van der Waals surface area contributed by atoms with E-state index in [-0.39, 0.29) is 0 Å². The van der Waals surface area contributed by atoms with Crippen molar-refractivity contribution in [3.8, 4) is 17.2 Å². The van der Waals surface area contributed by atoms with Gasteiger partial charge in [-0.15, -0.1) is 0 Å². The third kappa shape index (κ3) is 2.96. The summed E-state index contributed by atoms with van der Waals surface area (Å²) in [5.41, 5.74) is 0.791. The van der Waals surface area contributed by atoms with E-state index in [9.17, 15) is 0 Å². The quantitative estimate of drug-likeness (QED) is 0.902. The van der Waals surface area contributed by atoms with Gasteiger partial charge in [-0.05, 0) is 28.1 Å². The number of pyridine rings is 1. The lowest BCUT2D eigenvalue weighted by molar-refractivity contribution is 0.324. The molecular formula is C14H15BrN2O3. The Hall–Kier alpha value is -1.95. The predicted molar refractivity (Wildman–Crippen MR) is 81.3 cm³/mol. The Morgan fingerprint density at radius 1 is 1.05 bits per heavy atom. The van der Waals surface area contributed by atoms with Gasteiger partial charge in [0.05, 0.1) is 25.8 Å². The van der Waals surface area contributed by atoms with Crippen molar-refractivity contribution >= 4 is 27.4 Å². The number of methoxy groups -OCH3 is 3. The van der Waals surface area contributed by atoms with E-state index in [0.717, 1.165) is 10.2 Å². The largest absolute Gasteiger partial charge is 0.493 e. The van der Waals surface area contributed by atoms with Gasteiger partial charge in [-0.2, -0.15) is 0 Å². The Bertz CT molecular complexity index is 580. The molecule has 20 heavy (non-hydrogen) atoms. The van der Waals surface area contributed by atoms with Crippen LogP contribution in [0.4, 0.5) is 11.5 Å². The number of hydrogen-bond acceptors (Lipinski definition) is 5. The first-order valence-electron chi connectivity index (χ1n) is 5.87. The molecule has 0 saturated carbocycles. The Labute approximate surface area is 126 Å². The lowest BCUT2D eigenvalue weighted by Gasteiger charge is -2.15. The summed E-state index contributed by atoms with van der Waals surface area (Å²) in [4.78, 5) is 4.26. The third-order valence-corrected chi connectivity index (χ3v) is 3.33. The lowest BCUT2D eigenvalue weighted by Crippen LogP contribution is -1.99. The molecule has 0 fully saturated rings. The van der Waals surface area contributed by atoms with Crippen LogP contribution in [0.25, 0.3) is 0 Å². The standard InChI is InChI=1S/C14H15BrN2O3/c1-18-11-7-9(8-12(19-2)13(11)20-3)17-14-10(15)5-4-6-16-14/h4-8H,1-3H3,(H,16,17). The molecule has 5 nitrogen and oxygen atoms in total. The first kappa shape index (κ1) is 14.5. The zero-order valence-electron chi connectivity index (χ0n) is 11.4. The minimum atomic E-state index is 0.556. The molecule has 1 aromatic heterocycles. The van der Waals surface area contributed by atoms with Gasteiger partial charge in [-0.1, -0.05) is 0 Å². The summed E-state index contributed by atoms with van der Waals surface area (Å²) in [6.07, 6.45) is 1.71. The second-order valence-electron chi connectivity index (χ2n) is 3.87. The highest BCUT2D eigenvalue weighted by Crippen LogP contribution is 2.40. The number of nitrogens with zero attached hydrogens (tertiary/aromatic N) is 1. The van der Waals surface area contributed by atoms with Gasteiger partial charge >= 0.3 is 0 Å². The molecule has 1 heterocycles. The van der Waals surface area contributed by atoms with Gasteiger partial charge in [0.25, 0.3) is 0 Å². The normalized spacial score (nSPS) is 10.0. The molecule has 0 unspecified atom stereocenters. The second-order valence-corrected chi connectivity index (χ2v) is 4.73. The molecule has 0 bridgehead atoms. The molecule has 2 aromatic rings. The highest BCUT2D eigenvalue weighted by Gasteiger charge is 2.13. The Morgan fingerprint density at radius 3 is 2.20 bits per heavy atom. The number of ether oxygens (including phenoxy) is 3. The average Bonchev–Trinajstić information content (AvgIpc) is 2.48. The van der Waals surface area contributed by atoms with Gasteiger partial charge in [-0.3, -0.25) is 0 Å². The monoisotopic (exact) mass is 338 g/mol. The van der Waals surface area contributed by atoms with Crippen molar-refractivity contribution in [3.05, 3.63) is 34.9 Å². The Balaban J connectivity index is 2.40. The molecule has 1 aromatic carbocycles. The van der Waals surface area contributed by atoms with Gasteiger partial charge < -0.3 is 19.5 Å². The van der Waals surface area contributed by atoms with E-state index >= 15 is 0 Å². The van der Waals surface area contributed by atoms with E-state index in [1.54, 1.807) is 27.5 Å². The molecule has 0 aliphatic carbocycles. The van der Waals surface area contributed by atoms with E-state index < -0.39 is 0 Å². The maximum absolute atomic E-state index is 5.31. The van der Waals surface area contributed by atoms with Gasteiger partial charge in [-0.25, -0.2) is 4.98 Å². The number of hydrogen-bond donors (Lipinski definition) is 1. The van der Waals surface area contributed by atoms with Crippen LogP contribution in [-0.2, 0) is 0 Å². The number of halogens is 1. The van der Waals surface area contributed by atoms with Crippen LogP contribution in [-0.4, -0.2) is 26.3 Å².